The van der Waals surface area contributed by atoms with Crippen LogP contribution in [0.5, 0.6) is 0 Å². The topological polar surface area (TPSA) is 46.9 Å². The van der Waals surface area contributed by atoms with Gasteiger partial charge in [-0.25, -0.2) is 0 Å². The maximum absolute atomic E-state index is 12.0. The maximum atomic E-state index is 12.0. The summed E-state index contributed by atoms with van der Waals surface area (Å²) >= 11 is 9.46. The lowest BCUT2D eigenvalue weighted by atomic mass is 10.2. The molecular weight excluding hydrogens is 342 g/mol. The molecule has 2 rings (SSSR count). The van der Waals surface area contributed by atoms with Crippen LogP contribution in [0.2, 0.25) is 5.02 Å². The predicted octanol–water partition coefficient (Wildman–Crippen LogP) is 3.35. The van der Waals surface area contributed by atoms with Crippen molar-refractivity contribution in [3.63, 3.8) is 0 Å². The Morgan fingerprint density at radius 3 is 2.70 bits per heavy atom. The number of nitrogens with one attached hydrogen (secondary N) is 1. The van der Waals surface area contributed by atoms with Crippen LogP contribution >= 0.6 is 27.5 Å². The van der Waals surface area contributed by atoms with Gasteiger partial charge in [-0.1, -0.05) is 23.7 Å². The molecule has 0 aliphatic rings. The average molecular weight is 357 g/mol. The molecule has 1 aromatic heterocycles. The number of halogens is 2. The molecule has 4 nitrogen and oxygen atoms in total. The van der Waals surface area contributed by atoms with Gasteiger partial charge in [-0.05, 0) is 41.9 Å². The highest BCUT2D eigenvalue weighted by Gasteiger charge is 2.11. The normalized spacial score (nSPS) is 10.6. The number of hydrogen-bond acceptors (Lipinski definition) is 2. The van der Waals surface area contributed by atoms with Gasteiger partial charge in [0.2, 0.25) is 0 Å². The molecule has 0 unspecified atom stereocenters. The predicted molar refractivity (Wildman–Crippen MR) is 83.2 cm³/mol. The van der Waals surface area contributed by atoms with Crippen LogP contribution in [0, 0.1) is 13.8 Å². The van der Waals surface area contributed by atoms with Crippen LogP contribution in [0.15, 0.2) is 28.7 Å². The van der Waals surface area contributed by atoms with Gasteiger partial charge in [0.25, 0.3) is 5.91 Å². The van der Waals surface area contributed by atoms with Gasteiger partial charge < -0.3 is 5.32 Å². The van der Waals surface area contributed by atoms with Crippen molar-refractivity contribution >= 4 is 33.4 Å². The molecule has 1 N–H and O–H groups in total. The van der Waals surface area contributed by atoms with E-state index in [1.807, 2.05) is 18.5 Å². The van der Waals surface area contributed by atoms with Gasteiger partial charge in [-0.15, -0.1) is 0 Å². The molecule has 2 aromatic rings. The zero-order valence-corrected chi connectivity index (χ0v) is 13.6. The van der Waals surface area contributed by atoms with E-state index in [1.54, 1.807) is 24.3 Å². The summed E-state index contributed by atoms with van der Waals surface area (Å²) in [6, 6.07) is 7.00. The average Bonchev–Trinajstić information content (AvgIpc) is 2.67. The van der Waals surface area contributed by atoms with E-state index in [4.69, 9.17) is 11.6 Å². The number of benzene rings is 1. The summed E-state index contributed by atoms with van der Waals surface area (Å²) in [5, 5.41) is 7.69. The molecular formula is C14H15BrClN3O. The first-order chi connectivity index (χ1) is 9.50. The van der Waals surface area contributed by atoms with E-state index in [1.165, 1.54) is 0 Å². The van der Waals surface area contributed by atoms with E-state index in [2.05, 4.69) is 26.3 Å². The monoisotopic (exact) mass is 355 g/mol. The lowest BCUT2D eigenvalue weighted by Gasteiger charge is -2.08. The van der Waals surface area contributed by atoms with Gasteiger partial charge in [-0.2, -0.15) is 5.10 Å². The third-order valence-corrected chi connectivity index (χ3v) is 4.50. The molecule has 20 heavy (non-hydrogen) atoms. The van der Waals surface area contributed by atoms with Gasteiger partial charge in [0.05, 0.1) is 27.3 Å². The minimum absolute atomic E-state index is 0.170. The zero-order valence-electron chi connectivity index (χ0n) is 11.3. The summed E-state index contributed by atoms with van der Waals surface area (Å²) in [5.41, 5.74) is 2.48. The molecule has 6 heteroatoms. The number of amides is 1. The summed E-state index contributed by atoms with van der Waals surface area (Å²) < 4.78 is 2.88. The Hall–Kier alpha value is -1.33. The van der Waals surface area contributed by atoms with E-state index >= 15 is 0 Å². The number of rotatable bonds is 4. The van der Waals surface area contributed by atoms with Crippen molar-refractivity contribution in [1.82, 2.24) is 15.1 Å². The highest BCUT2D eigenvalue weighted by Crippen LogP contribution is 2.19. The second kappa shape index (κ2) is 6.41. The molecule has 0 atom stereocenters. The van der Waals surface area contributed by atoms with Crippen molar-refractivity contribution < 1.29 is 4.79 Å². The fraction of sp³-hybridized carbons (Fsp3) is 0.286. The first-order valence-corrected chi connectivity index (χ1v) is 7.40. The van der Waals surface area contributed by atoms with Gasteiger partial charge in [0, 0.05) is 12.2 Å². The summed E-state index contributed by atoms with van der Waals surface area (Å²) in [6.07, 6.45) is 0. The smallest absolute Gasteiger partial charge is 0.252 e. The second-order valence-electron chi connectivity index (χ2n) is 4.44. The molecule has 0 saturated carbocycles. The van der Waals surface area contributed by atoms with E-state index < -0.39 is 0 Å². The summed E-state index contributed by atoms with van der Waals surface area (Å²) in [5.74, 6) is -0.170. The van der Waals surface area contributed by atoms with Crippen LogP contribution in [-0.2, 0) is 6.54 Å². The van der Waals surface area contributed by atoms with E-state index in [0.29, 0.717) is 23.7 Å². The molecule has 0 aliphatic heterocycles. The van der Waals surface area contributed by atoms with Crippen LogP contribution in [-0.4, -0.2) is 22.2 Å². The Labute approximate surface area is 131 Å². The summed E-state index contributed by atoms with van der Waals surface area (Å²) in [7, 11) is 0. The highest BCUT2D eigenvalue weighted by atomic mass is 79.9. The number of hydrogen-bond donors (Lipinski definition) is 1. The molecule has 0 bridgehead atoms. The van der Waals surface area contributed by atoms with E-state index in [0.717, 1.165) is 15.9 Å². The molecule has 0 spiro atoms. The third kappa shape index (κ3) is 3.22. The molecule has 106 valence electrons. The highest BCUT2D eigenvalue weighted by molar-refractivity contribution is 9.10. The van der Waals surface area contributed by atoms with Crippen LogP contribution in [0.1, 0.15) is 21.7 Å². The standard InChI is InChI=1S/C14H15BrClN3O/c1-9-13(15)10(2)19(18-9)8-7-17-14(20)11-5-3-4-6-12(11)16/h3-6H,7-8H2,1-2H3,(H,17,20). The van der Waals surface area contributed by atoms with Crippen LogP contribution in [0.3, 0.4) is 0 Å². The molecule has 0 fully saturated rings. The number of aromatic nitrogens is 2. The molecule has 0 radical (unpaired) electrons. The van der Waals surface area contributed by atoms with Crippen LogP contribution in [0.25, 0.3) is 0 Å². The van der Waals surface area contributed by atoms with Crippen LogP contribution < -0.4 is 5.32 Å². The Balaban J connectivity index is 1.95. The SMILES string of the molecule is Cc1nn(CCNC(=O)c2ccccc2Cl)c(C)c1Br. The number of aryl methyl sites for hydroxylation is 1. The fourth-order valence-electron chi connectivity index (χ4n) is 1.91. The molecule has 1 amide bonds. The van der Waals surface area contributed by atoms with Crippen molar-refractivity contribution in [2.45, 2.75) is 20.4 Å². The number of carbonyl (C=O) groups excluding carboxylic acids is 1. The summed E-state index contributed by atoms with van der Waals surface area (Å²) in [6.45, 7) is 5.04. The first-order valence-electron chi connectivity index (χ1n) is 6.23. The van der Waals surface area contributed by atoms with Crippen molar-refractivity contribution in [3.05, 3.63) is 50.7 Å². The van der Waals surface area contributed by atoms with Crippen molar-refractivity contribution in [3.8, 4) is 0 Å². The van der Waals surface area contributed by atoms with Crippen molar-refractivity contribution in [2.75, 3.05) is 6.54 Å². The molecule has 0 aliphatic carbocycles. The Morgan fingerprint density at radius 1 is 1.40 bits per heavy atom. The Morgan fingerprint density at radius 2 is 2.10 bits per heavy atom. The molecule has 0 saturated heterocycles. The fourth-order valence-corrected chi connectivity index (χ4v) is 2.41. The maximum Gasteiger partial charge on any atom is 0.252 e. The van der Waals surface area contributed by atoms with E-state index in [-0.39, 0.29) is 5.91 Å². The number of carbonyl (C=O) groups is 1. The van der Waals surface area contributed by atoms with Gasteiger partial charge in [-0.3, -0.25) is 9.48 Å². The van der Waals surface area contributed by atoms with Crippen LogP contribution in [0.4, 0.5) is 0 Å². The third-order valence-electron chi connectivity index (χ3n) is 3.02. The second-order valence-corrected chi connectivity index (χ2v) is 5.64. The number of nitrogens with zero attached hydrogens (tertiary/aromatic N) is 2. The minimum atomic E-state index is -0.170. The van der Waals surface area contributed by atoms with Crippen molar-refractivity contribution in [1.29, 1.82) is 0 Å². The van der Waals surface area contributed by atoms with Gasteiger partial charge in [0.1, 0.15) is 0 Å². The molecule has 1 aromatic carbocycles. The Kier molecular flexibility index (Phi) is 4.83. The minimum Gasteiger partial charge on any atom is -0.350 e. The first kappa shape index (κ1) is 15.1. The van der Waals surface area contributed by atoms with Gasteiger partial charge in [0.15, 0.2) is 0 Å². The van der Waals surface area contributed by atoms with E-state index in [9.17, 15) is 4.79 Å². The summed E-state index contributed by atoms with van der Waals surface area (Å²) in [4.78, 5) is 12.0. The van der Waals surface area contributed by atoms with Gasteiger partial charge >= 0.3 is 0 Å². The zero-order chi connectivity index (χ0) is 14.7. The molecule has 1 heterocycles. The lowest BCUT2D eigenvalue weighted by molar-refractivity contribution is 0.0952. The largest absolute Gasteiger partial charge is 0.350 e. The Bertz CT molecular complexity index is 639. The lowest BCUT2D eigenvalue weighted by Crippen LogP contribution is -2.28. The van der Waals surface area contributed by atoms with Crippen molar-refractivity contribution in [2.24, 2.45) is 0 Å². The quantitative estimate of drug-likeness (QED) is 0.913.